The van der Waals surface area contributed by atoms with Crippen molar-refractivity contribution < 1.29 is 8.42 Å². The van der Waals surface area contributed by atoms with Crippen LogP contribution < -0.4 is 10.5 Å². The number of anilines is 1. The first-order valence-corrected chi connectivity index (χ1v) is 9.26. The molecule has 0 radical (unpaired) electrons. The lowest BCUT2D eigenvalue weighted by atomic mass is 10.2. The monoisotopic (exact) mass is 322 g/mol. The van der Waals surface area contributed by atoms with Crippen LogP contribution in [0.3, 0.4) is 0 Å². The molecule has 0 atom stereocenters. The topological polar surface area (TPSA) is 72.2 Å². The zero-order chi connectivity index (χ0) is 14.3. The highest BCUT2D eigenvalue weighted by Crippen LogP contribution is 2.23. The van der Waals surface area contributed by atoms with Gasteiger partial charge in [-0.15, -0.1) is 0 Å². The van der Waals surface area contributed by atoms with E-state index in [0.29, 0.717) is 12.2 Å². The van der Waals surface area contributed by atoms with Crippen molar-refractivity contribution in [1.82, 2.24) is 4.72 Å². The fourth-order valence-corrected chi connectivity index (χ4v) is 3.66. The molecule has 0 fully saturated rings. The van der Waals surface area contributed by atoms with Crippen molar-refractivity contribution in [2.24, 2.45) is 0 Å². The van der Waals surface area contributed by atoms with Crippen LogP contribution in [-0.4, -0.2) is 27.0 Å². The largest absolute Gasteiger partial charge is 0.399 e. The SMILES string of the molecule is CSCCCCCNS(=O)(=O)c1cc(N)ccc1Cl. The van der Waals surface area contributed by atoms with E-state index in [4.69, 9.17) is 17.3 Å². The smallest absolute Gasteiger partial charge is 0.242 e. The summed E-state index contributed by atoms with van der Waals surface area (Å²) >= 11 is 7.68. The second-order valence-corrected chi connectivity index (χ2v) is 7.27. The molecule has 7 heteroatoms. The maximum absolute atomic E-state index is 12.0. The molecule has 0 bridgehead atoms. The third-order valence-electron chi connectivity index (χ3n) is 2.56. The van der Waals surface area contributed by atoms with Gasteiger partial charge in [-0.05, 0) is 43.0 Å². The average molecular weight is 323 g/mol. The number of nitrogens with one attached hydrogen (secondary N) is 1. The van der Waals surface area contributed by atoms with Gasteiger partial charge in [0.15, 0.2) is 0 Å². The molecule has 1 rings (SSSR count). The van der Waals surface area contributed by atoms with Crippen LogP contribution in [0.5, 0.6) is 0 Å². The van der Waals surface area contributed by atoms with Gasteiger partial charge in [-0.1, -0.05) is 18.0 Å². The highest BCUT2D eigenvalue weighted by Gasteiger charge is 2.17. The molecular formula is C12H19ClN2O2S2. The van der Waals surface area contributed by atoms with E-state index < -0.39 is 10.0 Å². The molecule has 0 saturated heterocycles. The highest BCUT2D eigenvalue weighted by atomic mass is 35.5. The third-order valence-corrected chi connectivity index (χ3v) is 5.20. The number of nitrogens with two attached hydrogens (primary N) is 1. The van der Waals surface area contributed by atoms with Gasteiger partial charge >= 0.3 is 0 Å². The maximum atomic E-state index is 12.0. The molecule has 0 aliphatic rings. The van der Waals surface area contributed by atoms with E-state index in [-0.39, 0.29) is 9.92 Å². The summed E-state index contributed by atoms with van der Waals surface area (Å²) in [4.78, 5) is 0.0401. The first kappa shape index (κ1) is 16.6. The number of hydrogen-bond acceptors (Lipinski definition) is 4. The fourth-order valence-electron chi connectivity index (χ4n) is 1.56. The predicted molar refractivity (Wildman–Crippen MR) is 83.3 cm³/mol. The van der Waals surface area contributed by atoms with Crippen molar-refractivity contribution in [3.8, 4) is 0 Å². The number of thioether (sulfide) groups is 1. The quantitative estimate of drug-likeness (QED) is 0.570. The molecule has 0 aliphatic carbocycles. The summed E-state index contributed by atoms with van der Waals surface area (Å²) in [5, 5.41) is 0.184. The van der Waals surface area contributed by atoms with Crippen molar-refractivity contribution >= 4 is 39.1 Å². The van der Waals surface area contributed by atoms with Crippen LogP contribution in [0, 0.1) is 0 Å². The van der Waals surface area contributed by atoms with E-state index in [1.54, 1.807) is 17.8 Å². The second kappa shape index (κ2) is 7.99. The minimum atomic E-state index is -3.57. The molecule has 108 valence electrons. The Morgan fingerprint density at radius 2 is 2.05 bits per heavy atom. The van der Waals surface area contributed by atoms with Crippen molar-refractivity contribution in [1.29, 1.82) is 0 Å². The Hall–Kier alpha value is -0.430. The molecule has 0 saturated carbocycles. The predicted octanol–water partition coefficient (Wildman–Crippen LogP) is 2.73. The summed E-state index contributed by atoms with van der Waals surface area (Å²) in [6.07, 6.45) is 4.99. The van der Waals surface area contributed by atoms with Gasteiger partial charge in [0.05, 0.1) is 5.02 Å². The Balaban J connectivity index is 2.54. The minimum absolute atomic E-state index is 0.0401. The van der Waals surface area contributed by atoms with Crippen molar-refractivity contribution in [2.45, 2.75) is 24.2 Å². The Bertz CT molecular complexity index is 506. The summed E-state index contributed by atoms with van der Waals surface area (Å²) in [5.41, 5.74) is 5.96. The standard InChI is InChI=1S/C12H19ClN2O2S2/c1-18-8-4-2-3-7-15-19(16,17)12-9-10(14)5-6-11(12)13/h5-6,9,15H,2-4,7-8,14H2,1H3. The summed E-state index contributed by atoms with van der Waals surface area (Å²) in [6.45, 7) is 0.418. The second-order valence-electron chi connectivity index (χ2n) is 4.14. The van der Waals surface area contributed by atoms with E-state index in [2.05, 4.69) is 11.0 Å². The van der Waals surface area contributed by atoms with E-state index in [1.807, 2.05) is 0 Å². The molecule has 0 aliphatic heterocycles. The Kier molecular flexibility index (Phi) is 6.99. The highest BCUT2D eigenvalue weighted by molar-refractivity contribution is 7.98. The lowest BCUT2D eigenvalue weighted by molar-refractivity contribution is 0.576. The first-order chi connectivity index (χ1) is 8.97. The van der Waals surface area contributed by atoms with Crippen LogP contribution in [0.25, 0.3) is 0 Å². The van der Waals surface area contributed by atoms with Crippen molar-refractivity contribution in [3.63, 3.8) is 0 Å². The van der Waals surface area contributed by atoms with E-state index >= 15 is 0 Å². The number of rotatable bonds is 8. The molecule has 0 unspecified atom stereocenters. The number of unbranched alkanes of at least 4 members (excludes halogenated alkanes) is 2. The van der Waals surface area contributed by atoms with E-state index in [9.17, 15) is 8.42 Å². The molecule has 0 aromatic heterocycles. The van der Waals surface area contributed by atoms with Crippen LogP contribution >= 0.6 is 23.4 Å². The zero-order valence-electron chi connectivity index (χ0n) is 10.9. The molecule has 1 aromatic rings. The molecule has 0 heterocycles. The summed E-state index contributed by atoms with van der Waals surface area (Å²) < 4.78 is 26.6. The van der Waals surface area contributed by atoms with E-state index in [1.165, 1.54) is 12.1 Å². The van der Waals surface area contributed by atoms with Gasteiger partial charge in [0, 0.05) is 12.2 Å². The Labute approximate surface area is 124 Å². The minimum Gasteiger partial charge on any atom is -0.399 e. The lowest BCUT2D eigenvalue weighted by Gasteiger charge is -2.09. The zero-order valence-corrected chi connectivity index (χ0v) is 13.2. The molecular weight excluding hydrogens is 304 g/mol. The van der Waals surface area contributed by atoms with Gasteiger partial charge in [-0.2, -0.15) is 11.8 Å². The van der Waals surface area contributed by atoms with Crippen LogP contribution in [-0.2, 0) is 10.0 Å². The third kappa shape index (κ3) is 5.60. The van der Waals surface area contributed by atoms with Gasteiger partial charge in [0.1, 0.15) is 4.90 Å². The van der Waals surface area contributed by atoms with Gasteiger partial charge < -0.3 is 5.73 Å². The van der Waals surface area contributed by atoms with Crippen LogP contribution in [0.15, 0.2) is 23.1 Å². The normalized spacial score (nSPS) is 11.7. The molecule has 4 nitrogen and oxygen atoms in total. The van der Waals surface area contributed by atoms with Crippen molar-refractivity contribution in [2.75, 3.05) is 24.3 Å². The number of benzene rings is 1. The molecule has 19 heavy (non-hydrogen) atoms. The molecule has 1 aromatic carbocycles. The van der Waals surface area contributed by atoms with Gasteiger partial charge in [-0.3, -0.25) is 0 Å². The number of halogens is 1. The lowest BCUT2D eigenvalue weighted by Crippen LogP contribution is -2.25. The summed E-state index contributed by atoms with van der Waals surface area (Å²) in [7, 11) is -3.57. The van der Waals surface area contributed by atoms with Gasteiger partial charge in [0.2, 0.25) is 10.0 Å². The maximum Gasteiger partial charge on any atom is 0.242 e. The van der Waals surface area contributed by atoms with Crippen molar-refractivity contribution in [3.05, 3.63) is 23.2 Å². The molecule has 0 amide bonds. The van der Waals surface area contributed by atoms with E-state index in [0.717, 1.165) is 25.0 Å². The van der Waals surface area contributed by atoms with Crippen LogP contribution in [0.2, 0.25) is 5.02 Å². The first-order valence-electron chi connectivity index (χ1n) is 6.01. The number of hydrogen-bond donors (Lipinski definition) is 2. The summed E-state index contributed by atoms with van der Waals surface area (Å²) in [6, 6.07) is 4.44. The van der Waals surface area contributed by atoms with Crippen LogP contribution in [0.4, 0.5) is 5.69 Å². The number of sulfonamides is 1. The average Bonchev–Trinajstić information content (AvgIpc) is 2.36. The summed E-state index contributed by atoms with van der Waals surface area (Å²) in [5.74, 6) is 1.10. The van der Waals surface area contributed by atoms with Crippen LogP contribution in [0.1, 0.15) is 19.3 Å². The molecule has 3 N–H and O–H groups in total. The molecule has 0 spiro atoms. The van der Waals surface area contributed by atoms with Gasteiger partial charge in [-0.25, -0.2) is 13.1 Å². The Morgan fingerprint density at radius 3 is 2.74 bits per heavy atom. The Morgan fingerprint density at radius 1 is 1.32 bits per heavy atom. The number of nitrogen functional groups attached to an aromatic ring is 1. The van der Waals surface area contributed by atoms with Gasteiger partial charge in [0.25, 0.3) is 0 Å². The fraction of sp³-hybridized carbons (Fsp3) is 0.500.